The Morgan fingerprint density at radius 1 is 1.06 bits per heavy atom. The number of carbonyl (C=O) groups is 2. The molecule has 3 rings (SSSR count). The molecule has 2 aromatic rings. The number of piperazine rings is 1. The van der Waals surface area contributed by atoms with Gasteiger partial charge in [-0.15, -0.1) is 0 Å². The van der Waals surface area contributed by atoms with Gasteiger partial charge in [0.2, 0.25) is 11.8 Å². The Kier molecular flexibility index (Phi) is 8.21. The van der Waals surface area contributed by atoms with E-state index in [-0.39, 0.29) is 16.9 Å². The molecule has 0 radical (unpaired) electrons. The summed E-state index contributed by atoms with van der Waals surface area (Å²) >= 11 is 5.34. The lowest BCUT2D eigenvalue weighted by Gasteiger charge is -2.37. The Labute approximate surface area is 194 Å². The Morgan fingerprint density at radius 3 is 2.41 bits per heavy atom. The van der Waals surface area contributed by atoms with Crippen LogP contribution in [0.25, 0.3) is 6.08 Å². The highest BCUT2D eigenvalue weighted by atomic mass is 32.1. The molecule has 168 valence electrons. The quantitative estimate of drug-likeness (QED) is 0.518. The zero-order chi connectivity index (χ0) is 22.9. The molecule has 0 unspecified atom stereocenters. The van der Waals surface area contributed by atoms with Crippen molar-refractivity contribution in [2.45, 2.75) is 13.3 Å². The first-order valence-electron chi connectivity index (χ1n) is 10.6. The maximum absolute atomic E-state index is 12.3. The van der Waals surface area contributed by atoms with Gasteiger partial charge in [0.05, 0.1) is 18.5 Å². The van der Waals surface area contributed by atoms with Gasteiger partial charge in [0, 0.05) is 38.7 Å². The summed E-state index contributed by atoms with van der Waals surface area (Å²) < 4.78 is 5.13. The third-order valence-electron chi connectivity index (χ3n) is 5.21. The van der Waals surface area contributed by atoms with Crippen molar-refractivity contribution in [1.82, 2.24) is 10.2 Å². The molecule has 7 nitrogen and oxygen atoms in total. The van der Waals surface area contributed by atoms with Crippen molar-refractivity contribution in [2.75, 3.05) is 43.5 Å². The van der Waals surface area contributed by atoms with Gasteiger partial charge in [-0.3, -0.25) is 14.9 Å². The summed E-state index contributed by atoms with van der Waals surface area (Å²) in [5.41, 5.74) is 2.68. The summed E-state index contributed by atoms with van der Waals surface area (Å²) in [6.45, 7) is 4.76. The Bertz CT molecular complexity index is 983. The monoisotopic (exact) mass is 452 g/mol. The number of nitrogens with zero attached hydrogens (tertiary/aromatic N) is 2. The predicted octanol–water partition coefficient (Wildman–Crippen LogP) is 3.28. The van der Waals surface area contributed by atoms with Crippen molar-refractivity contribution in [2.24, 2.45) is 0 Å². The largest absolute Gasteiger partial charge is 0.497 e. The molecule has 2 aromatic carbocycles. The predicted molar refractivity (Wildman–Crippen MR) is 132 cm³/mol. The summed E-state index contributed by atoms with van der Waals surface area (Å²) in [6.07, 6.45) is 3.67. The van der Waals surface area contributed by atoms with Gasteiger partial charge < -0.3 is 19.9 Å². The number of anilines is 2. The molecule has 0 spiro atoms. The van der Waals surface area contributed by atoms with E-state index in [1.54, 1.807) is 13.2 Å². The van der Waals surface area contributed by atoms with Crippen molar-refractivity contribution in [3.63, 3.8) is 0 Å². The number of thiocarbonyl (C=S) groups is 1. The maximum Gasteiger partial charge on any atom is 0.250 e. The second kappa shape index (κ2) is 11.3. The fourth-order valence-corrected chi connectivity index (χ4v) is 3.68. The van der Waals surface area contributed by atoms with Crippen LogP contribution >= 0.6 is 12.2 Å². The smallest absolute Gasteiger partial charge is 0.250 e. The van der Waals surface area contributed by atoms with Crippen LogP contribution in [0.5, 0.6) is 5.75 Å². The molecule has 0 aromatic heterocycles. The summed E-state index contributed by atoms with van der Waals surface area (Å²) in [5.74, 6) is 0.624. The molecular weight excluding hydrogens is 424 g/mol. The van der Waals surface area contributed by atoms with E-state index in [2.05, 4.69) is 15.5 Å². The summed E-state index contributed by atoms with van der Waals surface area (Å²) in [6, 6.07) is 15.2. The molecule has 0 aliphatic carbocycles. The standard InChI is InChI=1S/C24H28N4O3S/c1-3-23(30)28-16-14-27(15-17-28)21-7-5-4-6-20(21)25-24(32)26-22(29)13-10-18-8-11-19(31-2)12-9-18/h4-13H,3,14-17H2,1-2H3,(H2,25,26,29,32)/b13-10+. The van der Waals surface area contributed by atoms with E-state index in [1.165, 1.54) is 6.08 Å². The second-order valence-electron chi connectivity index (χ2n) is 7.29. The number of benzene rings is 2. The average Bonchev–Trinajstić information content (AvgIpc) is 2.83. The fourth-order valence-electron chi connectivity index (χ4n) is 3.47. The Hall–Kier alpha value is -3.39. The van der Waals surface area contributed by atoms with E-state index >= 15 is 0 Å². The van der Waals surface area contributed by atoms with Crippen LogP contribution in [0, 0.1) is 0 Å². The first kappa shape index (κ1) is 23.3. The van der Waals surface area contributed by atoms with E-state index in [0.717, 1.165) is 35.8 Å². The molecule has 32 heavy (non-hydrogen) atoms. The molecule has 1 aliphatic rings. The highest BCUT2D eigenvalue weighted by Gasteiger charge is 2.21. The first-order chi connectivity index (χ1) is 15.5. The molecule has 1 heterocycles. The van der Waals surface area contributed by atoms with Crippen LogP contribution in [0.2, 0.25) is 0 Å². The van der Waals surface area contributed by atoms with Gasteiger partial charge in [-0.05, 0) is 48.1 Å². The normalized spacial score (nSPS) is 13.7. The number of para-hydroxylation sites is 2. The minimum absolute atomic E-state index is 0.183. The number of amides is 2. The van der Waals surface area contributed by atoms with E-state index in [9.17, 15) is 9.59 Å². The lowest BCUT2D eigenvalue weighted by molar-refractivity contribution is -0.131. The summed E-state index contributed by atoms with van der Waals surface area (Å²) in [7, 11) is 1.61. The number of ether oxygens (including phenoxy) is 1. The Morgan fingerprint density at radius 2 is 1.75 bits per heavy atom. The van der Waals surface area contributed by atoms with Gasteiger partial charge in [-0.2, -0.15) is 0 Å². The highest BCUT2D eigenvalue weighted by Crippen LogP contribution is 2.26. The van der Waals surface area contributed by atoms with E-state index in [1.807, 2.05) is 60.4 Å². The van der Waals surface area contributed by atoms with Gasteiger partial charge in [0.15, 0.2) is 5.11 Å². The second-order valence-corrected chi connectivity index (χ2v) is 7.70. The molecule has 1 saturated heterocycles. The van der Waals surface area contributed by atoms with Crippen LogP contribution in [0.3, 0.4) is 0 Å². The number of carbonyl (C=O) groups excluding carboxylic acids is 2. The number of rotatable bonds is 6. The minimum atomic E-state index is -0.317. The lowest BCUT2D eigenvalue weighted by atomic mass is 10.2. The molecule has 0 bridgehead atoms. The number of hydrogen-bond acceptors (Lipinski definition) is 5. The summed E-state index contributed by atoms with van der Waals surface area (Å²) in [4.78, 5) is 28.3. The highest BCUT2D eigenvalue weighted by molar-refractivity contribution is 7.80. The van der Waals surface area contributed by atoms with Gasteiger partial charge in [0.25, 0.3) is 0 Å². The molecule has 1 fully saturated rings. The van der Waals surface area contributed by atoms with Crippen molar-refractivity contribution in [3.05, 3.63) is 60.2 Å². The van der Waals surface area contributed by atoms with E-state index < -0.39 is 0 Å². The molecule has 2 N–H and O–H groups in total. The third-order valence-corrected chi connectivity index (χ3v) is 5.41. The van der Waals surface area contributed by atoms with Gasteiger partial charge >= 0.3 is 0 Å². The summed E-state index contributed by atoms with van der Waals surface area (Å²) in [5, 5.41) is 6.03. The zero-order valence-electron chi connectivity index (χ0n) is 18.3. The van der Waals surface area contributed by atoms with Crippen molar-refractivity contribution in [1.29, 1.82) is 0 Å². The number of methoxy groups -OCH3 is 1. The number of hydrogen-bond donors (Lipinski definition) is 2. The molecule has 0 atom stereocenters. The number of nitrogens with one attached hydrogen (secondary N) is 2. The third kappa shape index (κ3) is 6.31. The van der Waals surface area contributed by atoms with Crippen molar-refractivity contribution < 1.29 is 14.3 Å². The lowest BCUT2D eigenvalue weighted by Crippen LogP contribution is -2.48. The van der Waals surface area contributed by atoms with Crippen molar-refractivity contribution >= 4 is 46.6 Å². The maximum atomic E-state index is 12.3. The minimum Gasteiger partial charge on any atom is -0.497 e. The van der Waals surface area contributed by atoms with Crippen LogP contribution in [0.4, 0.5) is 11.4 Å². The molecule has 0 saturated carbocycles. The van der Waals surface area contributed by atoms with E-state index in [4.69, 9.17) is 17.0 Å². The zero-order valence-corrected chi connectivity index (χ0v) is 19.2. The fraction of sp³-hybridized carbons (Fsp3) is 0.292. The average molecular weight is 453 g/mol. The van der Waals surface area contributed by atoms with Crippen LogP contribution < -0.4 is 20.3 Å². The molecule has 2 amide bonds. The van der Waals surface area contributed by atoms with Gasteiger partial charge in [0.1, 0.15) is 5.75 Å². The molecule has 8 heteroatoms. The van der Waals surface area contributed by atoms with Gasteiger partial charge in [-0.1, -0.05) is 31.2 Å². The van der Waals surface area contributed by atoms with Crippen LogP contribution in [-0.2, 0) is 9.59 Å². The van der Waals surface area contributed by atoms with Crippen LogP contribution in [-0.4, -0.2) is 55.1 Å². The Balaban J connectivity index is 1.56. The molecular formula is C24H28N4O3S. The molecule has 1 aliphatic heterocycles. The SMILES string of the molecule is CCC(=O)N1CCN(c2ccccc2NC(=S)NC(=O)/C=C/c2ccc(OC)cc2)CC1. The van der Waals surface area contributed by atoms with Crippen LogP contribution in [0.15, 0.2) is 54.6 Å². The first-order valence-corrected chi connectivity index (χ1v) is 11.0. The van der Waals surface area contributed by atoms with Crippen LogP contribution in [0.1, 0.15) is 18.9 Å². The van der Waals surface area contributed by atoms with Gasteiger partial charge in [-0.25, -0.2) is 0 Å². The van der Waals surface area contributed by atoms with E-state index in [0.29, 0.717) is 19.5 Å². The topological polar surface area (TPSA) is 73.9 Å². The van der Waals surface area contributed by atoms with Crippen molar-refractivity contribution in [3.8, 4) is 5.75 Å².